The van der Waals surface area contributed by atoms with Crippen molar-refractivity contribution in [3.05, 3.63) is 101 Å². The first kappa shape index (κ1) is 18.8. The first-order chi connectivity index (χ1) is 12.5. The van der Waals surface area contributed by atoms with Crippen LogP contribution in [0.15, 0.2) is 94.3 Å². The van der Waals surface area contributed by atoms with Crippen molar-refractivity contribution in [1.82, 2.24) is 4.31 Å². The summed E-state index contributed by atoms with van der Waals surface area (Å²) >= 11 is 3.46. The number of hydrogen-bond acceptors (Lipinski definition) is 2. The first-order valence-electron chi connectivity index (χ1n) is 8.30. The van der Waals surface area contributed by atoms with Crippen LogP contribution in [-0.2, 0) is 10.0 Å². The van der Waals surface area contributed by atoms with E-state index in [1.165, 1.54) is 4.31 Å². The van der Waals surface area contributed by atoms with Gasteiger partial charge in [-0.05, 0) is 35.4 Å². The Morgan fingerprint density at radius 1 is 0.808 bits per heavy atom. The quantitative estimate of drug-likeness (QED) is 0.558. The summed E-state index contributed by atoms with van der Waals surface area (Å²) in [6.07, 6.45) is 0. The average Bonchev–Trinajstić information content (AvgIpc) is 2.68. The molecule has 0 aromatic heterocycles. The Morgan fingerprint density at radius 3 is 1.88 bits per heavy atom. The number of hydrogen-bond donors (Lipinski definition) is 0. The summed E-state index contributed by atoms with van der Waals surface area (Å²) in [5.74, 6) is -0.0483. The van der Waals surface area contributed by atoms with Crippen molar-refractivity contribution in [3.8, 4) is 0 Å². The van der Waals surface area contributed by atoms with E-state index in [0.717, 1.165) is 15.6 Å². The molecule has 0 radical (unpaired) electrons. The largest absolute Gasteiger partial charge is 0.242 e. The fourth-order valence-electron chi connectivity index (χ4n) is 2.91. The Bertz CT molecular complexity index is 942. The Morgan fingerprint density at radius 2 is 1.31 bits per heavy atom. The normalized spacial score (nSPS) is 12.9. The molecule has 0 bridgehead atoms. The molecule has 26 heavy (non-hydrogen) atoms. The van der Waals surface area contributed by atoms with Crippen molar-refractivity contribution in [2.24, 2.45) is 0 Å². The van der Waals surface area contributed by atoms with Gasteiger partial charge in [0.2, 0.25) is 10.0 Å². The van der Waals surface area contributed by atoms with Gasteiger partial charge >= 0.3 is 0 Å². The molecule has 134 valence electrons. The molecule has 0 aliphatic heterocycles. The second kappa shape index (κ2) is 8.16. The van der Waals surface area contributed by atoms with Gasteiger partial charge in [-0.25, -0.2) is 8.42 Å². The predicted octanol–water partition coefficient (Wildman–Crippen LogP) is 4.90. The summed E-state index contributed by atoms with van der Waals surface area (Å²) in [4.78, 5) is 0.310. The fraction of sp³-hybridized carbons (Fsp3) is 0.143. The maximum atomic E-state index is 12.9. The molecule has 0 heterocycles. The lowest BCUT2D eigenvalue weighted by Crippen LogP contribution is -2.31. The van der Waals surface area contributed by atoms with Gasteiger partial charge in [-0.1, -0.05) is 76.6 Å². The number of sulfonamides is 1. The van der Waals surface area contributed by atoms with Gasteiger partial charge < -0.3 is 0 Å². The van der Waals surface area contributed by atoms with Crippen LogP contribution < -0.4 is 0 Å². The van der Waals surface area contributed by atoms with E-state index >= 15 is 0 Å². The predicted molar refractivity (Wildman–Crippen MR) is 109 cm³/mol. The Hall–Kier alpha value is -1.95. The number of likely N-dealkylation sites (N-methyl/N-ethyl adjacent to an activating group) is 1. The maximum absolute atomic E-state index is 12.9. The van der Waals surface area contributed by atoms with E-state index in [0.29, 0.717) is 11.4 Å². The second-order valence-electron chi connectivity index (χ2n) is 6.11. The van der Waals surface area contributed by atoms with Crippen LogP contribution in [0, 0.1) is 0 Å². The minimum absolute atomic E-state index is 0.0483. The number of benzene rings is 3. The summed E-state index contributed by atoms with van der Waals surface area (Å²) in [5.41, 5.74) is 2.17. The van der Waals surface area contributed by atoms with E-state index in [-0.39, 0.29) is 5.92 Å². The molecule has 0 amide bonds. The molecule has 1 atom stereocenters. The van der Waals surface area contributed by atoms with Gasteiger partial charge in [-0.15, -0.1) is 0 Å². The summed E-state index contributed by atoms with van der Waals surface area (Å²) in [5, 5.41) is 0. The van der Waals surface area contributed by atoms with Crippen molar-refractivity contribution in [2.75, 3.05) is 13.6 Å². The molecule has 0 fully saturated rings. The van der Waals surface area contributed by atoms with Gasteiger partial charge in [0.1, 0.15) is 0 Å². The molecule has 3 nitrogen and oxygen atoms in total. The summed E-state index contributed by atoms with van der Waals surface area (Å²) in [6.45, 7) is 0.364. The zero-order valence-electron chi connectivity index (χ0n) is 14.4. The summed E-state index contributed by atoms with van der Waals surface area (Å²) < 4.78 is 28.2. The van der Waals surface area contributed by atoms with Crippen LogP contribution >= 0.6 is 15.9 Å². The third-order valence-corrected chi connectivity index (χ3v) is 6.73. The Labute approximate surface area is 163 Å². The Kier molecular flexibility index (Phi) is 5.91. The second-order valence-corrected chi connectivity index (χ2v) is 9.07. The molecule has 3 rings (SSSR count). The highest BCUT2D eigenvalue weighted by molar-refractivity contribution is 9.10. The fourth-order valence-corrected chi connectivity index (χ4v) is 4.38. The SMILES string of the molecule is CN(C[C@@H](c1ccccc1)c1ccc(Br)cc1)S(=O)(=O)c1ccccc1. The third-order valence-electron chi connectivity index (χ3n) is 4.37. The molecule has 0 N–H and O–H groups in total. The van der Waals surface area contributed by atoms with Crippen molar-refractivity contribution in [2.45, 2.75) is 10.8 Å². The molecule has 0 aliphatic carbocycles. The van der Waals surface area contributed by atoms with Gasteiger partial charge in [0.25, 0.3) is 0 Å². The number of nitrogens with zero attached hydrogens (tertiary/aromatic N) is 1. The van der Waals surface area contributed by atoms with Crippen molar-refractivity contribution < 1.29 is 8.42 Å². The lowest BCUT2D eigenvalue weighted by molar-refractivity contribution is 0.454. The lowest BCUT2D eigenvalue weighted by Gasteiger charge is -2.25. The van der Waals surface area contributed by atoms with Crippen molar-refractivity contribution in [3.63, 3.8) is 0 Å². The van der Waals surface area contributed by atoms with Gasteiger partial charge in [0, 0.05) is 24.0 Å². The molecule has 0 saturated carbocycles. The van der Waals surface area contributed by atoms with E-state index in [1.807, 2.05) is 60.7 Å². The van der Waals surface area contributed by atoms with Crippen LogP contribution in [0.4, 0.5) is 0 Å². The monoisotopic (exact) mass is 429 g/mol. The minimum atomic E-state index is -3.53. The van der Waals surface area contributed by atoms with Crippen LogP contribution in [0.1, 0.15) is 17.0 Å². The van der Waals surface area contributed by atoms with E-state index < -0.39 is 10.0 Å². The number of rotatable bonds is 6. The topological polar surface area (TPSA) is 37.4 Å². The highest BCUT2D eigenvalue weighted by Gasteiger charge is 2.25. The van der Waals surface area contributed by atoms with E-state index in [4.69, 9.17) is 0 Å². The molecule has 5 heteroatoms. The lowest BCUT2D eigenvalue weighted by atomic mass is 9.91. The molecular weight excluding hydrogens is 410 g/mol. The molecular formula is C21H20BrNO2S. The van der Waals surface area contributed by atoms with E-state index in [2.05, 4.69) is 15.9 Å². The zero-order valence-corrected chi connectivity index (χ0v) is 16.8. The molecule has 0 aliphatic rings. The average molecular weight is 430 g/mol. The maximum Gasteiger partial charge on any atom is 0.242 e. The minimum Gasteiger partial charge on any atom is -0.207 e. The van der Waals surface area contributed by atoms with Gasteiger partial charge in [-0.2, -0.15) is 4.31 Å². The standard InChI is InChI=1S/C21H20BrNO2S/c1-23(26(24,25)20-10-6-3-7-11-20)16-21(17-8-4-2-5-9-17)18-12-14-19(22)15-13-18/h2-15,21H,16H2,1H3/t21-/m0/s1. The van der Waals surface area contributed by atoms with Crippen LogP contribution in [0.2, 0.25) is 0 Å². The summed E-state index contributed by atoms with van der Waals surface area (Å²) in [7, 11) is -1.90. The van der Waals surface area contributed by atoms with Gasteiger partial charge in [-0.3, -0.25) is 0 Å². The van der Waals surface area contributed by atoms with Gasteiger partial charge in [0.15, 0.2) is 0 Å². The molecule has 0 unspecified atom stereocenters. The van der Waals surface area contributed by atoms with Crippen LogP contribution in [0.3, 0.4) is 0 Å². The van der Waals surface area contributed by atoms with Crippen LogP contribution in [0.25, 0.3) is 0 Å². The van der Waals surface area contributed by atoms with E-state index in [9.17, 15) is 8.42 Å². The number of halogens is 1. The van der Waals surface area contributed by atoms with E-state index in [1.54, 1.807) is 31.3 Å². The molecule has 0 spiro atoms. The highest BCUT2D eigenvalue weighted by Crippen LogP contribution is 2.28. The summed E-state index contributed by atoms with van der Waals surface area (Å²) in [6, 6.07) is 26.6. The smallest absolute Gasteiger partial charge is 0.207 e. The van der Waals surface area contributed by atoms with Crippen molar-refractivity contribution in [1.29, 1.82) is 0 Å². The first-order valence-corrected chi connectivity index (χ1v) is 10.5. The van der Waals surface area contributed by atoms with Crippen LogP contribution in [-0.4, -0.2) is 26.3 Å². The zero-order chi connectivity index (χ0) is 18.6. The highest BCUT2D eigenvalue weighted by atomic mass is 79.9. The molecule has 3 aromatic rings. The van der Waals surface area contributed by atoms with Gasteiger partial charge in [0.05, 0.1) is 4.90 Å². The van der Waals surface area contributed by atoms with Crippen molar-refractivity contribution >= 4 is 26.0 Å². The third kappa shape index (κ3) is 4.23. The Balaban J connectivity index is 1.94. The van der Waals surface area contributed by atoms with Crippen LogP contribution in [0.5, 0.6) is 0 Å². The molecule has 0 saturated heterocycles. The molecule has 3 aromatic carbocycles.